The lowest BCUT2D eigenvalue weighted by atomic mass is 9.98. The molecule has 1 aliphatic heterocycles. The zero-order valence-corrected chi connectivity index (χ0v) is 26.1. The van der Waals surface area contributed by atoms with Crippen molar-refractivity contribution in [2.45, 2.75) is 25.9 Å². The highest BCUT2D eigenvalue weighted by Gasteiger charge is 2.19. The summed E-state index contributed by atoms with van der Waals surface area (Å²) in [6.07, 6.45) is 3.87. The first-order chi connectivity index (χ1) is 22.0. The fraction of sp³-hybridized carbons (Fsp3) is 0.229. The maximum atomic E-state index is 12.8. The number of hydrogen-bond donors (Lipinski definition) is 2. The maximum Gasteiger partial charge on any atom is 0.257 e. The van der Waals surface area contributed by atoms with Crippen molar-refractivity contribution in [1.29, 1.82) is 0 Å². The lowest BCUT2D eigenvalue weighted by molar-refractivity contribution is 0.102. The third-order valence-electron chi connectivity index (χ3n) is 8.01. The summed E-state index contributed by atoms with van der Waals surface area (Å²) in [5.41, 5.74) is 7.46. The minimum Gasteiger partial charge on any atom is -0.493 e. The van der Waals surface area contributed by atoms with Crippen LogP contribution in [-0.2, 0) is 25.9 Å². The van der Waals surface area contributed by atoms with E-state index < -0.39 is 0 Å². The summed E-state index contributed by atoms with van der Waals surface area (Å²) in [4.78, 5) is 15.3. The molecule has 0 fully saturated rings. The third-order valence-corrected chi connectivity index (χ3v) is 8.34. The molecule has 0 atom stereocenters. The van der Waals surface area contributed by atoms with Gasteiger partial charge >= 0.3 is 0 Å². The Morgan fingerprint density at radius 1 is 0.911 bits per heavy atom. The summed E-state index contributed by atoms with van der Waals surface area (Å²) in [6.45, 7) is 3.34. The second-order valence-electron chi connectivity index (χ2n) is 10.9. The number of nitrogens with zero attached hydrogens (tertiary/aromatic N) is 4. The van der Waals surface area contributed by atoms with Crippen molar-refractivity contribution >= 4 is 28.9 Å². The second kappa shape index (κ2) is 13.8. The minimum atomic E-state index is -0.271. The van der Waals surface area contributed by atoms with Crippen molar-refractivity contribution < 1.29 is 14.3 Å². The van der Waals surface area contributed by atoms with Crippen LogP contribution in [0.2, 0.25) is 5.02 Å². The number of aromatic nitrogens is 3. The largest absolute Gasteiger partial charge is 0.493 e. The van der Waals surface area contributed by atoms with Crippen LogP contribution in [0.25, 0.3) is 5.69 Å². The van der Waals surface area contributed by atoms with Gasteiger partial charge in [0, 0.05) is 19.6 Å². The molecule has 1 amide bonds. The number of nitrogens with one attached hydrogen (secondary N) is 2. The van der Waals surface area contributed by atoms with E-state index >= 15 is 0 Å². The number of benzene rings is 4. The molecule has 2 heterocycles. The van der Waals surface area contributed by atoms with E-state index in [1.165, 1.54) is 16.7 Å². The van der Waals surface area contributed by atoms with Gasteiger partial charge in [0.25, 0.3) is 5.91 Å². The van der Waals surface area contributed by atoms with E-state index in [-0.39, 0.29) is 5.91 Å². The Kier molecular flexibility index (Phi) is 9.28. The molecular formula is C35H35ClN6O3. The first kappa shape index (κ1) is 30.2. The normalized spacial score (nSPS) is 12.8. The zero-order valence-electron chi connectivity index (χ0n) is 25.3. The number of methoxy groups -OCH3 is 2. The average molecular weight is 623 g/mol. The van der Waals surface area contributed by atoms with Crippen LogP contribution in [0.4, 0.5) is 11.4 Å². The van der Waals surface area contributed by atoms with Gasteiger partial charge in [-0.1, -0.05) is 53.2 Å². The first-order valence-corrected chi connectivity index (χ1v) is 15.2. The number of ether oxygens (including phenoxy) is 2. The molecule has 0 radical (unpaired) electrons. The molecule has 1 aliphatic rings. The summed E-state index contributed by atoms with van der Waals surface area (Å²) in [6, 6.07) is 27.2. The highest BCUT2D eigenvalue weighted by molar-refractivity contribution is 6.34. The van der Waals surface area contributed by atoms with Crippen molar-refractivity contribution in [3.63, 3.8) is 0 Å². The van der Waals surface area contributed by atoms with Crippen LogP contribution in [0.5, 0.6) is 11.5 Å². The summed E-state index contributed by atoms with van der Waals surface area (Å²) < 4.78 is 12.8. The Morgan fingerprint density at radius 2 is 1.62 bits per heavy atom. The number of para-hydroxylation sites is 2. The fourth-order valence-corrected chi connectivity index (χ4v) is 5.73. The zero-order chi connectivity index (χ0) is 31.2. The van der Waals surface area contributed by atoms with E-state index in [0.717, 1.165) is 61.0 Å². The monoisotopic (exact) mass is 622 g/mol. The predicted molar refractivity (Wildman–Crippen MR) is 177 cm³/mol. The van der Waals surface area contributed by atoms with Gasteiger partial charge in [-0.25, -0.2) is 4.68 Å². The van der Waals surface area contributed by atoms with Gasteiger partial charge in [0.1, 0.15) is 5.69 Å². The first-order valence-electron chi connectivity index (χ1n) is 14.9. The van der Waals surface area contributed by atoms with Gasteiger partial charge in [0.05, 0.1) is 54.6 Å². The Bertz CT molecular complexity index is 1790. The Balaban J connectivity index is 1.03. The van der Waals surface area contributed by atoms with Gasteiger partial charge in [-0.05, 0) is 78.1 Å². The van der Waals surface area contributed by atoms with E-state index in [2.05, 4.69) is 62.2 Å². The number of fused-ring (bicyclic) bond motifs is 1. The van der Waals surface area contributed by atoms with Crippen LogP contribution in [0, 0.1) is 0 Å². The second-order valence-corrected chi connectivity index (χ2v) is 11.3. The van der Waals surface area contributed by atoms with Crippen LogP contribution in [0.1, 0.15) is 32.7 Å². The molecule has 230 valence electrons. The summed E-state index contributed by atoms with van der Waals surface area (Å²) >= 11 is 6.20. The van der Waals surface area contributed by atoms with E-state index in [9.17, 15) is 4.79 Å². The summed E-state index contributed by atoms with van der Waals surface area (Å²) in [5, 5.41) is 15.4. The molecule has 6 rings (SSSR count). The van der Waals surface area contributed by atoms with Crippen molar-refractivity contribution in [2.24, 2.45) is 0 Å². The number of rotatable bonds is 11. The van der Waals surface area contributed by atoms with Crippen molar-refractivity contribution in [2.75, 3.05) is 37.9 Å². The van der Waals surface area contributed by atoms with E-state index in [1.807, 2.05) is 30.5 Å². The quantitative estimate of drug-likeness (QED) is 0.176. The van der Waals surface area contributed by atoms with Crippen LogP contribution in [-0.4, -0.2) is 53.1 Å². The van der Waals surface area contributed by atoms with Crippen LogP contribution in [0.3, 0.4) is 0 Å². The molecule has 5 aromatic rings. The van der Waals surface area contributed by atoms with Gasteiger partial charge < -0.3 is 20.1 Å². The highest BCUT2D eigenvalue weighted by Crippen LogP contribution is 2.33. The van der Waals surface area contributed by atoms with Crippen molar-refractivity contribution in [1.82, 2.24) is 19.9 Å². The molecule has 0 bridgehead atoms. The molecular weight excluding hydrogens is 588 g/mol. The average Bonchev–Trinajstić information content (AvgIpc) is 3.55. The number of amides is 1. The molecule has 4 aromatic carbocycles. The number of carbonyl (C=O) groups excluding carboxylic acids is 1. The van der Waals surface area contributed by atoms with Crippen LogP contribution in [0.15, 0.2) is 91.1 Å². The standard InChI is InChI=1S/C35H35ClN6O3/c1-44-33-19-25-16-18-41(22-26(25)20-34(33)45-2)17-15-24-11-13-28(14-12-24)42-23-27(39-40-42)21-37-31-9-5-6-10-32(31)38-35(43)29-7-3-4-8-30(29)36/h3-14,19-20,23,37H,15-18,21-22H2,1-2H3,(H,38,43). The highest BCUT2D eigenvalue weighted by atomic mass is 35.5. The Morgan fingerprint density at radius 3 is 2.38 bits per heavy atom. The number of carbonyl (C=O) groups is 1. The molecule has 0 unspecified atom stereocenters. The molecule has 10 heteroatoms. The molecule has 9 nitrogen and oxygen atoms in total. The van der Waals surface area contributed by atoms with Gasteiger partial charge in [-0.2, -0.15) is 0 Å². The van der Waals surface area contributed by atoms with Gasteiger partial charge in [0.2, 0.25) is 0 Å². The van der Waals surface area contributed by atoms with Crippen molar-refractivity contribution in [3.8, 4) is 17.2 Å². The van der Waals surface area contributed by atoms with Gasteiger partial charge in [-0.3, -0.25) is 9.69 Å². The molecule has 0 spiro atoms. The lowest BCUT2D eigenvalue weighted by Gasteiger charge is -2.29. The molecule has 0 aliphatic carbocycles. The van der Waals surface area contributed by atoms with E-state index in [0.29, 0.717) is 22.8 Å². The molecule has 0 saturated carbocycles. The Hall–Kier alpha value is -4.86. The lowest BCUT2D eigenvalue weighted by Crippen LogP contribution is -2.32. The van der Waals surface area contributed by atoms with Gasteiger partial charge in [0.15, 0.2) is 11.5 Å². The topological polar surface area (TPSA) is 93.5 Å². The van der Waals surface area contributed by atoms with E-state index in [4.69, 9.17) is 21.1 Å². The van der Waals surface area contributed by atoms with Crippen LogP contribution < -0.4 is 20.1 Å². The molecule has 45 heavy (non-hydrogen) atoms. The summed E-state index contributed by atoms with van der Waals surface area (Å²) in [7, 11) is 3.36. The molecule has 2 N–H and O–H groups in total. The number of halogens is 1. The number of anilines is 2. The predicted octanol–water partition coefficient (Wildman–Crippen LogP) is 6.40. The van der Waals surface area contributed by atoms with Crippen LogP contribution >= 0.6 is 11.6 Å². The maximum absolute atomic E-state index is 12.8. The third kappa shape index (κ3) is 7.11. The van der Waals surface area contributed by atoms with E-state index in [1.54, 1.807) is 43.2 Å². The fourth-order valence-electron chi connectivity index (χ4n) is 5.51. The smallest absolute Gasteiger partial charge is 0.257 e. The molecule has 1 aromatic heterocycles. The Labute approximate surface area is 267 Å². The minimum absolute atomic E-state index is 0.271. The SMILES string of the molecule is COc1cc2c(cc1OC)CN(CCc1ccc(-n3cc(CNc4ccccc4NC(=O)c4ccccc4Cl)nn3)cc1)CC2. The summed E-state index contributed by atoms with van der Waals surface area (Å²) in [5.74, 6) is 1.30. The number of hydrogen-bond acceptors (Lipinski definition) is 7. The molecule has 0 saturated heterocycles. The van der Waals surface area contributed by atoms with Gasteiger partial charge in [-0.15, -0.1) is 5.10 Å². The van der Waals surface area contributed by atoms with Crippen molar-refractivity contribution in [3.05, 3.63) is 124 Å².